The Kier molecular flexibility index (Phi) is 5.35. The largest absolute Gasteiger partial charge is 0.297 e. The van der Waals surface area contributed by atoms with E-state index >= 15 is 0 Å². The molecule has 114 valence electrons. The molecule has 2 aromatic rings. The molecule has 1 aliphatic heterocycles. The Bertz CT molecular complexity index is 572. The molecule has 0 N–H and O–H groups in total. The SMILES string of the molecule is C(=C\c1ccccc1)/CN1CCN(Cc2ccccn2)CC1. The van der Waals surface area contributed by atoms with Crippen LogP contribution in [0, 0.1) is 0 Å². The smallest absolute Gasteiger partial charge is 0.0543 e. The number of piperazine rings is 1. The molecule has 1 aromatic carbocycles. The second-order valence-corrected chi connectivity index (χ2v) is 5.71. The third-order valence-electron chi connectivity index (χ3n) is 4.05. The van der Waals surface area contributed by atoms with Gasteiger partial charge in [0.25, 0.3) is 0 Å². The Morgan fingerprint density at radius 2 is 1.59 bits per heavy atom. The second-order valence-electron chi connectivity index (χ2n) is 5.71. The van der Waals surface area contributed by atoms with E-state index in [9.17, 15) is 0 Å². The molecule has 3 rings (SSSR count). The van der Waals surface area contributed by atoms with E-state index in [4.69, 9.17) is 0 Å². The molecule has 1 saturated heterocycles. The highest BCUT2D eigenvalue weighted by atomic mass is 15.3. The summed E-state index contributed by atoms with van der Waals surface area (Å²) in [5, 5.41) is 0. The molecule has 22 heavy (non-hydrogen) atoms. The standard InChI is InChI=1S/C19H23N3/c1-2-7-18(8-3-1)9-6-12-21-13-15-22(16-14-21)17-19-10-4-5-11-20-19/h1-11H,12-17H2/b9-6+. The van der Waals surface area contributed by atoms with E-state index in [2.05, 4.69) is 69.4 Å². The zero-order valence-electron chi connectivity index (χ0n) is 12.9. The quantitative estimate of drug-likeness (QED) is 0.845. The summed E-state index contributed by atoms with van der Waals surface area (Å²) < 4.78 is 0. The average Bonchev–Trinajstić information content (AvgIpc) is 2.58. The van der Waals surface area contributed by atoms with Crippen LogP contribution >= 0.6 is 0 Å². The molecule has 0 amide bonds. The van der Waals surface area contributed by atoms with Crippen molar-refractivity contribution in [2.75, 3.05) is 32.7 Å². The van der Waals surface area contributed by atoms with Crippen LogP contribution in [-0.4, -0.2) is 47.5 Å². The first-order valence-corrected chi connectivity index (χ1v) is 7.96. The van der Waals surface area contributed by atoms with Crippen LogP contribution in [0.15, 0.2) is 60.8 Å². The summed E-state index contributed by atoms with van der Waals surface area (Å²) in [7, 11) is 0. The van der Waals surface area contributed by atoms with E-state index in [-0.39, 0.29) is 0 Å². The molecule has 1 aliphatic rings. The van der Waals surface area contributed by atoms with Crippen molar-refractivity contribution in [3.05, 3.63) is 72.1 Å². The average molecular weight is 293 g/mol. The van der Waals surface area contributed by atoms with Crippen molar-refractivity contribution in [3.8, 4) is 0 Å². The van der Waals surface area contributed by atoms with Gasteiger partial charge in [0.2, 0.25) is 0 Å². The number of hydrogen-bond donors (Lipinski definition) is 0. The van der Waals surface area contributed by atoms with Gasteiger partial charge in [0.05, 0.1) is 5.69 Å². The molecule has 0 spiro atoms. The van der Waals surface area contributed by atoms with E-state index < -0.39 is 0 Å². The van der Waals surface area contributed by atoms with E-state index in [0.29, 0.717) is 0 Å². The van der Waals surface area contributed by atoms with Gasteiger partial charge < -0.3 is 0 Å². The van der Waals surface area contributed by atoms with Gasteiger partial charge in [0, 0.05) is 45.5 Å². The Morgan fingerprint density at radius 1 is 0.864 bits per heavy atom. The number of pyridine rings is 1. The first kappa shape index (κ1) is 14.9. The van der Waals surface area contributed by atoms with Gasteiger partial charge in [-0.1, -0.05) is 48.6 Å². The van der Waals surface area contributed by atoms with E-state index in [1.165, 1.54) is 11.3 Å². The van der Waals surface area contributed by atoms with Gasteiger partial charge in [-0.05, 0) is 17.7 Å². The molecule has 3 nitrogen and oxygen atoms in total. The normalized spacial score (nSPS) is 17.1. The fraction of sp³-hybridized carbons (Fsp3) is 0.316. The lowest BCUT2D eigenvalue weighted by molar-refractivity contribution is 0.136. The minimum Gasteiger partial charge on any atom is -0.297 e. The summed E-state index contributed by atoms with van der Waals surface area (Å²) in [6, 6.07) is 16.6. The zero-order chi connectivity index (χ0) is 15.0. The van der Waals surface area contributed by atoms with Gasteiger partial charge in [-0.25, -0.2) is 0 Å². The van der Waals surface area contributed by atoms with Crippen molar-refractivity contribution >= 4 is 6.08 Å². The van der Waals surface area contributed by atoms with E-state index in [1.54, 1.807) is 0 Å². The van der Waals surface area contributed by atoms with Crippen LogP contribution in [0.3, 0.4) is 0 Å². The number of nitrogens with zero attached hydrogens (tertiary/aromatic N) is 3. The number of hydrogen-bond acceptors (Lipinski definition) is 3. The highest BCUT2D eigenvalue weighted by Gasteiger charge is 2.15. The minimum absolute atomic E-state index is 0.967. The third kappa shape index (κ3) is 4.52. The monoisotopic (exact) mass is 293 g/mol. The van der Waals surface area contributed by atoms with Gasteiger partial charge in [-0.2, -0.15) is 0 Å². The van der Waals surface area contributed by atoms with Crippen LogP contribution in [0.1, 0.15) is 11.3 Å². The maximum absolute atomic E-state index is 4.41. The molecule has 1 aromatic heterocycles. The molecule has 1 fully saturated rings. The van der Waals surface area contributed by atoms with Crippen molar-refractivity contribution in [1.82, 2.24) is 14.8 Å². The lowest BCUT2D eigenvalue weighted by Crippen LogP contribution is -2.45. The van der Waals surface area contributed by atoms with Crippen LogP contribution in [0.4, 0.5) is 0 Å². The van der Waals surface area contributed by atoms with Crippen molar-refractivity contribution < 1.29 is 0 Å². The van der Waals surface area contributed by atoms with Gasteiger partial charge >= 0.3 is 0 Å². The summed E-state index contributed by atoms with van der Waals surface area (Å²) in [6.45, 7) is 6.50. The Hall–Kier alpha value is -1.97. The van der Waals surface area contributed by atoms with Crippen LogP contribution < -0.4 is 0 Å². The summed E-state index contributed by atoms with van der Waals surface area (Å²) in [6.07, 6.45) is 6.35. The highest BCUT2D eigenvalue weighted by Crippen LogP contribution is 2.07. The summed E-state index contributed by atoms with van der Waals surface area (Å²) in [5.41, 5.74) is 2.44. The number of benzene rings is 1. The molecule has 0 aliphatic carbocycles. The van der Waals surface area contributed by atoms with E-state index in [1.807, 2.05) is 12.3 Å². The lowest BCUT2D eigenvalue weighted by atomic mass is 10.2. The van der Waals surface area contributed by atoms with Crippen molar-refractivity contribution in [1.29, 1.82) is 0 Å². The fourth-order valence-electron chi connectivity index (χ4n) is 2.75. The highest BCUT2D eigenvalue weighted by molar-refractivity contribution is 5.48. The molecule has 0 bridgehead atoms. The van der Waals surface area contributed by atoms with Crippen molar-refractivity contribution in [3.63, 3.8) is 0 Å². The third-order valence-corrected chi connectivity index (χ3v) is 4.05. The molecular weight excluding hydrogens is 270 g/mol. The van der Waals surface area contributed by atoms with Crippen molar-refractivity contribution in [2.24, 2.45) is 0 Å². The first-order valence-electron chi connectivity index (χ1n) is 7.96. The molecule has 0 radical (unpaired) electrons. The van der Waals surface area contributed by atoms with Crippen LogP contribution in [0.5, 0.6) is 0 Å². The molecule has 0 atom stereocenters. The van der Waals surface area contributed by atoms with Gasteiger partial charge in [-0.3, -0.25) is 14.8 Å². The summed E-state index contributed by atoms with van der Waals surface area (Å²) >= 11 is 0. The van der Waals surface area contributed by atoms with Gasteiger partial charge in [0.15, 0.2) is 0 Å². The zero-order valence-corrected chi connectivity index (χ0v) is 12.9. The van der Waals surface area contributed by atoms with E-state index in [0.717, 1.165) is 39.3 Å². The summed E-state index contributed by atoms with van der Waals surface area (Å²) in [5.74, 6) is 0. The molecular formula is C19H23N3. The topological polar surface area (TPSA) is 19.4 Å². The van der Waals surface area contributed by atoms with Crippen LogP contribution in [0.2, 0.25) is 0 Å². The molecule has 0 unspecified atom stereocenters. The molecule has 2 heterocycles. The maximum Gasteiger partial charge on any atom is 0.0543 e. The number of rotatable bonds is 5. The predicted octanol–water partition coefficient (Wildman–Crippen LogP) is 2.91. The Morgan fingerprint density at radius 3 is 2.32 bits per heavy atom. The predicted molar refractivity (Wildman–Crippen MR) is 91.4 cm³/mol. The van der Waals surface area contributed by atoms with Crippen molar-refractivity contribution in [2.45, 2.75) is 6.54 Å². The second kappa shape index (κ2) is 7.87. The molecule has 3 heteroatoms. The minimum atomic E-state index is 0.967. The summed E-state index contributed by atoms with van der Waals surface area (Å²) in [4.78, 5) is 9.40. The van der Waals surface area contributed by atoms with Gasteiger partial charge in [0.1, 0.15) is 0 Å². The van der Waals surface area contributed by atoms with Crippen LogP contribution in [0.25, 0.3) is 6.08 Å². The lowest BCUT2D eigenvalue weighted by Gasteiger charge is -2.33. The Balaban J connectivity index is 1.41. The maximum atomic E-state index is 4.41. The van der Waals surface area contributed by atoms with Crippen LogP contribution in [-0.2, 0) is 6.54 Å². The van der Waals surface area contributed by atoms with Gasteiger partial charge in [-0.15, -0.1) is 0 Å². The molecule has 0 saturated carbocycles. The first-order chi connectivity index (χ1) is 10.9. The fourth-order valence-corrected chi connectivity index (χ4v) is 2.75. The number of aromatic nitrogens is 1. The Labute approximate surface area is 132 Å².